The largest absolute Gasteiger partial charge is 0.492 e. The van der Waals surface area contributed by atoms with Crippen molar-refractivity contribution in [3.8, 4) is 5.75 Å². The molecule has 1 aromatic rings. The van der Waals surface area contributed by atoms with Crippen molar-refractivity contribution in [1.82, 2.24) is 14.9 Å². The van der Waals surface area contributed by atoms with Crippen LogP contribution in [0, 0.1) is 0 Å². The van der Waals surface area contributed by atoms with Gasteiger partial charge in [-0.2, -0.15) is 0 Å². The maximum absolute atomic E-state index is 11.3. The second-order valence-electron chi connectivity index (χ2n) is 8.17. The second-order valence-corrected chi connectivity index (χ2v) is 8.17. The first-order valence-corrected chi connectivity index (χ1v) is 11.7. The maximum Gasteiger partial charge on any atom is 0.333 e. The zero-order valence-electron chi connectivity index (χ0n) is 20.0. The molecule has 0 saturated heterocycles. The van der Waals surface area contributed by atoms with E-state index in [1.807, 2.05) is 48.1 Å². The third-order valence-electron chi connectivity index (χ3n) is 5.92. The fraction of sp³-hybridized carbons (Fsp3) is 0.583. The molecule has 0 radical (unpaired) electrons. The van der Waals surface area contributed by atoms with Crippen molar-refractivity contribution in [3.63, 3.8) is 0 Å². The summed E-state index contributed by atoms with van der Waals surface area (Å²) >= 11 is 0. The first kappa shape index (κ1) is 25.0. The molecule has 182 valence electrons. The van der Waals surface area contributed by atoms with E-state index in [9.17, 15) is 15.0 Å². The molecule has 0 aliphatic carbocycles. The van der Waals surface area contributed by atoms with Gasteiger partial charge in [-0.15, -0.1) is 0 Å². The molecule has 9 nitrogen and oxygen atoms in total. The standard InChI is InChI=1S/C24H36N4O5/c1-5-12-27-16-19-22(26(27)4)23(29)28(21(6-2)25-19)13-14-33-18-10-8-17(9-11-18)15-20(24(30)31)32-7-3/h8-11,20,23,29H,5-7,12-16H2,1-4H3,(H,30,31). The summed E-state index contributed by atoms with van der Waals surface area (Å²) in [5, 5.41) is 24.6. The number of carbonyl (C=O) groups is 1. The van der Waals surface area contributed by atoms with E-state index in [2.05, 4.69) is 11.9 Å². The van der Waals surface area contributed by atoms with Gasteiger partial charge in [-0.1, -0.05) is 26.0 Å². The fourth-order valence-corrected chi connectivity index (χ4v) is 4.25. The number of aliphatic hydroxyl groups is 1. The molecule has 0 bridgehead atoms. The van der Waals surface area contributed by atoms with Crippen LogP contribution in [0.4, 0.5) is 0 Å². The van der Waals surface area contributed by atoms with Gasteiger partial charge in [0, 0.05) is 33.0 Å². The monoisotopic (exact) mass is 460 g/mol. The summed E-state index contributed by atoms with van der Waals surface area (Å²) in [4.78, 5) is 18.0. The molecule has 2 atom stereocenters. The summed E-state index contributed by atoms with van der Waals surface area (Å²) in [6.45, 7) is 8.85. The summed E-state index contributed by atoms with van der Waals surface area (Å²) in [7, 11) is 1.98. The number of benzene rings is 1. The van der Waals surface area contributed by atoms with Crippen molar-refractivity contribution < 1.29 is 24.5 Å². The van der Waals surface area contributed by atoms with Crippen molar-refractivity contribution in [1.29, 1.82) is 0 Å². The molecule has 3 rings (SSSR count). The average Bonchev–Trinajstić information content (AvgIpc) is 3.11. The number of aliphatic carboxylic acids is 1. The van der Waals surface area contributed by atoms with Crippen molar-refractivity contribution in [2.75, 3.05) is 39.9 Å². The molecule has 9 heteroatoms. The van der Waals surface area contributed by atoms with E-state index in [0.717, 1.165) is 48.7 Å². The molecule has 2 unspecified atom stereocenters. The van der Waals surface area contributed by atoms with Crippen LogP contribution in [0.15, 0.2) is 40.7 Å². The summed E-state index contributed by atoms with van der Waals surface area (Å²) in [5.74, 6) is 0.591. The lowest BCUT2D eigenvalue weighted by Crippen LogP contribution is -2.48. The predicted molar refractivity (Wildman–Crippen MR) is 126 cm³/mol. The lowest BCUT2D eigenvalue weighted by molar-refractivity contribution is -0.149. The molecule has 2 heterocycles. The summed E-state index contributed by atoms with van der Waals surface area (Å²) < 4.78 is 11.2. The molecule has 2 N–H and O–H groups in total. The van der Waals surface area contributed by atoms with E-state index in [1.54, 1.807) is 6.92 Å². The number of likely N-dealkylation sites (N-methyl/N-ethyl adjacent to an activating group) is 1. The number of nitrogens with zero attached hydrogens (tertiary/aromatic N) is 4. The van der Waals surface area contributed by atoms with Crippen molar-refractivity contribution in [2.24, 2.45) is 4.99 Å². The minimum absolute atomic E-state index is 0.305. The van der Waals surface area contributed by atoms with E-state index >= 15 is 0 Å². The second kappa shape index (κ2) is 11.5. The first-order chi connectivity index (χ1) is 15.9. The average molecular weight is 461 g/mol. The zero-order valence-corrected chi connectivity index (χ0v) is 20.0. The number of amidine groups is 1. The highest BCUT2D eigenvalue weighted by Crippen LogP contribution is 2.31. The number of rotatable bonds is 12. The summed E-state index contributed by atoms with van der Waals surface area (Å²) in [6.07, 6.45) is 0.460. The van der Waals surface area contributed by atoms with Crippen LogP contribution in [0.25, 0.3) is 0 Å². The molecule has 0 spiro atoms. The van der Waals surface area contributed by atoms with Crippen LogP contribution in [-0.4, -0.2) is 89.2 Å². The quantitative estimate of drug-likeness (QED) is 0.491. The van der Waals surface area contributed by atoms with E-state index < -0.39 is 18.3 Å². The van der Waals surface area contributed by atoms with Gasteiger partial charge in [-0.05, 0) is 31.0 Å². The van der Waals surface area contributed by atoms with Crippen LogP contribution < -0.4 is 4.74 Å². The molecule has 0 fully saturated rings. The van der Waals surface area contributed by atoms with Gasteiger partial charge in [0.15, 0.2) is 12.3 Å². The number of carboxylic acid groups (broad SMARTS) is 1. The minimum Gasteiger partial charge on any atom is -0.492 e. The van der Waals surface area contributed by atoms with Crippen LogP contribution in [0.5, 0.6) is 5.75 Å². The van der Waals surface area contributed by atoms with Gasteiger partial charge in [0.25, 0.3) is 0 Å². The fourth-order valence-electron chi connectivity index (χ4n) is 4.25. The Hall–Kier alpha value is -2.62. The number of hydrazine groups is 1. The normalized spacial score (nSPS) is 19.5. The number of hydrogen-bond acceptors (Lipinski definition) is 8. The van der Waals surface area contributed by atoms with Crippen molar-refractivity contribution >= 4 is 11.8 Å². The van der Waals surface area contributed by atoms with Crippen molar-refractivity contribution in [3.05, 3.63) is 41.2 Å². The highest BCUT2D eigenvalue weighted by Gasteiger charge is 2.38. The number of aliphatic hydroxyl groups excluding tert-OH is 1. The first-order valence-electron chi connectivity index (χ1n) is 11.7. The Morgan fingerprint density at radius 3 is 2.55 bits per heavy atom. The molecule has 0 saturated carbocycles. The molecule has 0 amide bonds. The topological polar surface area (TPSA) is 98.1 Å². The lowest BCUT2D eigenvalue weighted by Gasteiger charge is -2.37. The number of ether oxygens (including phenoxy) is 2. The van der Waals surface area contributed by atoms with Gasteiger partial charge in [0.1, 0.15) is 23.9 Å². The van der Waals surface area contributed by atoms with Crippen LogP contribution >= 0.6 is 0 Å². The summed E-state index contributed by atoms with van der Waals surface area (Å²) in [5.41, 5.74) is 2.65. The van der Waals surface area contributed by atoms with Gasteiger partial charge in [-0.3, -0.25) is 0 Å². The lowest BCUT2D eigenvalue weighted by atomic mass is 10.1. The Morgan fingerprint density at radius 1 is 1.21 bits per heavy atom. The van der Waals surface area contributed by atoms with E-state index in [-0.39, 0.29) is 0 Å². The molecular formula is C24H36N4O5. The Bertz CT molecular complexity index is 870. The molecule has 33 heavy (non-hydrogen) atoms. The molecule has 2 aliphatic rings. The predicted octanol–water partition coefficient (Wildman–Crippen LogP) is 2.32. The van der Waals surface area contributed by atoms with Crippen LogP contribution in [0.3, 0.4) is 0 Å². The summed E-state index contributed by atoms with van der Waals surface area (Å²) in [6, 6.07) is 7.36. The van der Waals surface area contributed by atoms with Crippen LogP contribution in [0.2, 0.25) is 0 Å². The van der Waals surface area contributed by atoms with Gasteiger partial charge < -0.3 is 29.6 Å². The van der Waals surface area contributed by atoms with E-state index in [4.69, 9.17) is 14.5 Å². The molecule has 2 aliphatic heterocycles. The third kappa shape index (κ3) is 5.85. The minimum atomic E-state index is -0.963. The van der Waals surface area contributed by atoms with Crippen molar-refractivity contribution in [2.45, 2.75) is 52.4 Å². The molecule has 1 aromatic carbocycles. The smallest absolute Gasteiger partial charge is 0.333 e. The van der Waals surface area contributed by atoms with Crippen LogP contribution in [-0.2, 0) is 16.0 Å². The Balaban J connectivity index is 1.57. The zero-order chi connectivity index (χ0) is 24.0. The van der Waals surface area contributed by atoms with Gasteiger partial charge in [0.05, 0.1) is 18.8 Å². The van der Waals surface area contributed by atoms with Gasteiger partial charge >= 0.3 is 5.97 Å². The van der Waals surface area contributed by atoms with Crippen LogP contribution in [0.1, 0.15) is 39.2 Å². The number of hydrogen-bond donors (Lipinski definition) is 2. The SMILES string of the molecule is CCCN1CC2=C(C(O)N(CCOc3ccc(CC(OCC)C(=O)O)cc3)C(CC)=N2)N1C. The van der Waals surface area contributed by atoms with Gasteiger partial charge in [0.2, 0.25) is 0 Å². The molecular weight excluding hydrogens is 424 g/mol. The number of aliphatic imine (C=N–C) groups is 1. The molecule has 0 aromatic heterocycles. The van der Waals surface area contributed by atoms with E-state index in [1.165, 1.54) is 0 Å². The van der Waals surface area contributed by atoms with Gasteiger partial charge in [-0.25, -0.2) is 14.8 Å². The highest BCUT2D eigenvalue weighted by atomic mass is 16.5. The van der Waals surface area contributed by atoms with E-state index in [0.29, 0.717) is 31.9 Å². The Morgan fingerprint density at radius 2 is 1.94 bits per heavy atom. The highest BCUT2D eigenvalue weighted by molar-refractivity contribution is 5.84. The number of carboxylic acids is 1. The third-order valence-corrected chi connectivity index (χ3v) is 5.92. The Labute approximate surface area is 195 Å². The Kier molecular flexibility index (Phi) is 8.71. The maximum atomic E-state index is 11.3.